The van der Waals surface area contributed by atoms with Gasteiger partial charge in [0, 0.05) is 17.3 Å². The molecule has 0 bridgehead atoms. The predicted molar refractivity (Wildman–Crippen MR) is 81.4 cm³/mol. The number of rotatable bonds is 4. The summed E-state index contributed by atoms with van der Waals surface area (Å²) >= 11 is 0. The largest absolute Gasteiger partial charge is 0.319 e. The number of nitrogens with one attached hydrogen (secondary N) is 2. The molecule has 2 heterocycles. The van der Waals surface area contributed by atoms with Gasteiger partial charge >= 0.3 is 0 Å². The first-order chi connectivity index (χ1) is 10.2. The van der Waals surface area contributed by atoms with E-state index in [-0.39, 0.29) is 5.56 Å². The van der Waals surface area contributed by atoms with Crippen LogP contribution in [0, 0.1) is 6.92 Å². The average molecular weight is 283 g/mol. The summed E-state index contributed by atoms with van der Waals surface area (Å²) in [6.07, 6.45) is 0.894. The van der Waals surface area contributed by atoms with Crippen molar-refractivity contribution < 1.29 is 0 Å². The Morgan fingerprint density at radius 3 is 2.90 bits per heavy atom. The highest BCUT2D eigenvalue weighted by molar-refractivity contribution is 5.61. The van der Waals surface area contributed by atoms with E-state index in [1.165, 1.54) is 16.1 Å². The number of aromatic nitrogens is 4. The zero-order valence-electron chi connectivity index (χ0n) is 12.1. The van der Waals surface area contributed by atoms with Crippen molar-refractivity contribution in [2.75, 3.05) is 13.6 Å². The summed E-state index contributed by atoms with van der Waals surface area (Å²) in [6.45, 7) is 2.67. The molecule has 0 radical (unpaired) electrons. The Hall–Kier alpha value is -2.47. The van der Waals surface area contributed by atoms with Gasteiger partial charge < -0.3 is 5.32 Å². The van der Waals surface area contributed by atoms with Crippen LogP contribution in [0.5, 0.6) is 0 Å². The van der Waals surface area contributed by atoms with E-state index in [9.17, 15) is 4.79 Å². The molecule has 0 atom stereocenters. The summed E-state index contributed by atoms with van der Waals surface area (Å²) in [5, 5.41) is 6.17. The van der Waals surface area contributed by atoms with Crippen molar-refractivity contribution in [3.63, 3.8) is 0 Å². The molecule has 108 valence electrons. The van der Waals surface area contributed by atoms with E-state index in [4.69, 9.17) is 0 Å². The lowest BCUT2D eigenvalue weighted by Crippen LogP contribution is -2.14. The number of aryl methyl sites for hydroxylation is 1. The van der Waals surface area contributed by atoms with Gasteiger partial charge in [0.15, 0.2) is 5.82 Å². The molecule has 1 aromatic carbocycles. The lowest BCUT2D eigenvalue weighted by atomic mass is 10.0. The first-order valence-electron chi connectivity index (χ1n) is 6.88. The van der Waals surface area contributed by atoms with Gasteiger partial charge in [-0.3, -0.25) is 9.89 Å². The van der Waals surface area contributed by atoms with Gasteiger partial charge in [0.2, 0.25) is 0 Å². The standard InChI is InChI=1S/C15H17N5O/c1-10-9-13(21)20-15(17-10)18-14(19-20)12-6-4-3-5-11(12)7-8-16-2/h3-6,9,16H,7-8H2,1-2H3,(H,17,18,19). The minimum absolute atomic E-state index is 0.149. The van der Waals surface area contributed by atoms with E-state index in [1.54, 1.807) is 6.92 Å². The Labute approximate surface area is 121 Å². The van der Waals surface area contributed by atoms with Crippen LogP contribution in [0.3, 0.4) is 0 Å². The van der Waals surface area contributed by atoms with Crippen LogP contribution in [0.4, 0.5) is 0 Å². The highest BCUT2D eigenvalue weighted by Gasteiger charge is 2.11. The lowest BCUT2D eigenvalue weighted by Gasteiger charge is -2.06. The van der Waals surface area contributed by atoms with Crippen molar-refractivity contribution >= 4 is 5.78 Å². The molecule has 0 fully saturated rings. The maximum absolute atomic E-state index is 11.9. The third-order valence-electron chi connectivity index (χ3n) is 3.38. The van der Waals surface area contributed by atoms with Crippen LogP contribution in [0.25, 0.3) is 17.2 Å². The second-order valence-corrected chi connectivity index (χ2v) is 4.95. The molecule has 6 nitrogen and oxygen atoms in total. The first kappa shape index (κ1) is 13.5. The topological polar surface area (TPSA) is 75.1 Å². The number of benzene rings is 1. The molecule has 0 saturated heterocycles. The maximum Gasteiger partial charge on any atom is 0.274 e. The van der Waals surface area contributed by atoms with Crippen LogP contribution in [0.15, 0.2) is 35.1 Å². The molecule has 2 N–H and O–H groups in total. The van der Waals surface area contributed by atoms with Crippen LogP contribution >= 0.6 is 0 Å². The Bertz CT molecular complexity index is 833. The smallest absolute Gasteiger partial charge is 0.274 e. The summed E-state index contributed by atoms with van der Waals surface area (Å²) in [6, 6.07) is 9.53. The monoisotopic (exact) mass is 283 g/mol. The van der Waals surface area contributed by atoms with Crippen molar-refractivity contribution in [3.05, 3.63) is 51.9 Å². The molecule has 21 heavy (non-hydrogen) atoms. The summed E-state index contributed by atoms with van der Waals surface area (Å²) in [7, 11) is 1.93. The van der Waals surface area contributed by atoms with Crippen LogP contribution in [0.1, 0.15) is 11.3 Å². The van der Waals surface area contributed by atoms with Gasteiger partial charge in [-0.2, -0.15) is 9.50 Å². The molecule has 3 aromatic rings. The fourth-order valence-electron chi connectivity index (χ4n) is 2.34. The number of hydrogen-bond donors (Lipinski definition) is 2. The Kier molecular flexibility index (Phi) is 3.53. The zero-order valence-corrected chi connectivity index (χ0v) is 12.1. The van der Waals surface area contributed by atoms with Gasteiger partial charge in [0.25, 0.3) is 11.3 Å². The van der Waals surface area contributed by atoms with Crippen LogP contribution < -0.4 is 10.9 Å². The molecule has 2 aromatic heterocycles. The maximum atomic E-state index is 11.9. The summed E-state index contributed by atoms with van der Waals surface area (Å²) < 4.78 is 1.37. The van der Waals surface area contributed by atoms with Gasteiger partial charge in [0.05, 0.1) is 0 Å². The Morgan fingerprint density at radius 2 is 2.10 bits per heavy atom. The summed E-state index contributed by atoms with van der Waals surface area (Å²) in [5.74, 6) is 1.07. The van der Waals surface area contributed by atoms with Crippen LogP contribution in [-0.2, 0) is 6.42 Å². The van der Waals surface area contributed by atoms with Crippen LogP contribution in [-0.4, -0.2) is 33.2 Å². The second kappa shape index (κ2) is 5.49. The fraction of sp³-hybridized carbons (Fsp3) is 0.267. The minimum Gasteiger partial charge on any atom is -0.319 e. The summed E-state index contributed by atoms with van der Waals surface area (Å²) in [5.41, 5.74) is 2.69. The normalized spacial score (nSPS) is 11.1. The van der Waals surface area contributed by atoms with Crippen molar-refractivity contribution in [3.8, 4) is 11.4 Å². The number of aromatic amines is 1. The van der Waals surface area contributed by atoms with Gasteiger partial charge in [-0.1, -0.05) is 24.3 Å². The van der Waals surface area contributed by atoms with E-state index in [0.717, 1.165) is 18.5 Å². The third kappa shape index (κ3) is 2.57. The molecular weight excluding hydrogens is 266 g/mol. The Morgan fingerprint density at radius 1 is 1.29 bits per heavy atom. The first-order valence-corrected chi connectivity index (χ1v) is 6.88. The number of H-pyrrole nitrogens is 1. The molecule has 6 heteroatoms. The van der Waals surface area contributed by atoms with Crippen LogP contribution in [0.2, 0.25) is 0 Å². The molecule has 3 rings (SSSR count). The van der Waals surface area contributed by atoms with E-state index < -0.39 is 0 Å². The lowest BCUT2D eigenvalue weighted by molar-refractivity contribution is 0.792. The molecule has 0 unspecified atom stereocenters. The van der Waals surface area contributed by atoms with Crippen molar-refractivity contribution in [1.82, 2.24) is 24.9 Å². The molecule has 0 spiro atoms. The number of likely N-dealkylation sites (N-methyl/N-ethyl adjacent to an activating group) is 1. The SMILES string of the molecule is CNCCc1ccccc1-c1nc2nc(C)cc(=O)n2[nH]1. The molecule has 0 amide bonds. The van der Waals surface area contributed by atoms with Gasteiger partial charge in [0.1, 0.15) is 0 Å². The van der Waals surface area contributed by atoms with Gasteiger partial charge in [-0.25, -0.2) is 4.98 Å². The third-order valence-corrected chi connectivity index (χ3v) is 3.38. The number of nitrogens with zero attached hydrogens (tertiary/aromatic N) is 3. The quantitative estimate of drug-likeness (QED) is 0.753. The van der Waals surface area contributed by atoms with E-state index in [0.29, 0.717) is 17.3 Å². The molecule has 0 aliphatic rings. The number of hydrogen-bond acceptors (Lipinski definition) is 4. The highest BCUT2D eigenvalue weighted by Crippen LogP contribution is 2.20. The van der Waals surface area contributed by atoms with Gasteiger partial charge in [-0.15, -0.1) is 0 Å². The molecule has 0 saturated carbocycles. The van der Waals surface area contributed by atoms with E-state index in [1.807, 2.05) is 25.2 Å². The van der Waals surface area contributed by atoms with Crippen molar-refractivity contribution in [2.24, 2.45) is 0 Å². The van der Waals surface area contributed by atoms with Crippen molar-refractivity contribution in [1.29, 1.82) is 0 Å². The minimum atomic E-state index is -0.149. The van der Waals surface area contributed by atoms with Gasteiger partial charge in [-0.05, 0) is 32.5 Å². The molecule has 0 aliphatic carbocycles. The second-order valence-electron chi connectivity index (χ2n) is 4.95. The van der Waals surface area contributed by atoms with Crippen molar-refractivity contribution in [2.45, 2.75) is 13.3 Å². The zero-order chi connectivity index (χ0) is 14.8. The van der Waals surface area contributed by atoms with E-state index in [2.05, 4.69) is 26.4 Å². The van der Waals surface area contributed by atoms with E-state index >= 15 is 0 Å². The summed E-state index contributed by atoms with van der Waals surface area (Å²) in [4.78, 5) is 20.7. The fourth-order valence-corrected chi connectivity index (χ4v) is 2.34. The average Bonchev–Trinajstić information content (AvgIpc) is 2.89. The molecular formula is C15H17N5O. The highest BCUT2D eigenvalue weighted by atomic mass is 16.1. The molecule has 0 aliphatic heterocycles. The number of fused-ring (bicyclic) bond motifs is 1. The Balaban J connectivity index is 2.13. The predicted octanol–water partition coefficient (Wildman–Crippen LogP) is 1.15.